The highest BCUT2D eigenvalue weighted by Gasteiger charge is 2.41. The van der Waals surface area contributed by atoms with Crippen molar-refractivity contribution in [1.82, 2.24) is 5.32 Å². The van der Waals surface area contributed by atoms with Gasteiger partial charge in [0.1, 0.15) is 0 Å². The van der Waals surface area contributed by atoms with Crippen LogP contribution in [0.15, 0.2) is 0 Å². The van der Waals surface area contributed by atoms with E-state index in [0.29, 0.717) is 6.10 Å². The summed E-state index contributed by atoms with van der Waals surface area (Å²) >= 11 is 0. The fourth-order valence-electron chi connectivity index (χ4n) is 2.59. The quantitative estimate of drug-likeness (QED) is 0.715. The van der Waals surface area contributed by atoms with Gasteiger partial charge < -0.3 is 19.5 Å². The number of rotatable bonds is 6. The number of hydrogen-bond donors (Lipinski definition) is 1. The average Bonchev–Trinajstić information content (AvgIpc) is 2.77. The molecule has 0 radical (unpaired) electrons. The molecule has 0 aromatic carbocycles. The van der Waals surface area contributed by atoms with Gasteiger partial charge in [0.05, 0.1) is 24.9 Å². The predicted octanol–water partition coefficient (Wildman–Crippen LogP) is 1.34. The van der Waals surface area contributed by atoms with Crippen LogP contribution >= 0.6 is 0 Å². The molecule has 2 atom stereocenters. The van der Waals surface area contributed by atoms with Crippen molar-refractivity contribution in [2.45, 2.75) is 44.3 Å². The van der Waals surface area contributed by atoms with Crippen LogP contribution in [0.2, 0.25) is 0 Å². The molecule has 0 aromatic heterocycles. The third-order valence-electron chi connectivity index (χ3n) is 3.57. The van der Waals surface area contributed by atoms with E-state index >= 15 is 0 Å². The molecule has 2 rings (SSSR count). The molecule has 0 saturated carbocycles. The first-order chi connectivity index (χ1) is 8.35. The molecule has 4 heteroatoms. The molecule has 1 N–H and O–H groups in total. The van der Waals surface area contributed by atoms with Crippen LogP contribution in [-0.4, -0.2) is 51.2 Å². The van der Waals surface area contributed by atoms with Gasteiger partial charge in [-0.15, -0.1) is 0 Å². The fraction of sp³-hybridized carbons (Fsp3) is 1.00. The van der Waals surface area contributed by atoms with E-state index < -0.39 is 0 Å². The molecule has 2 aliphatic rings. The molecule has 0 bridgehead atoms. The maximum atomic E-state index is 5.92. The zero-order valence-electron chi connectivity index (χ0n) is 10.9. The minimum Gasteiger partial charge on any atom is -0.378 e. The van der Waals surface area contributed by atoms with Crippen molar-refractivity contribution < 1.29 is 14.2 Å². The molecule has 0 aromatic rings. The standard InChI is InChI=1S/C13H25NO3/c1-2-5-14-6-9-16-12-3-7-17-13(10-12)4-8-15-11-13/h12,14H,2-11H2,1H3. The second kappa shape index (κ2) is 6.69. The monoisotopic (exact) mass is 243 g/mol. The van der Waals surface area contributed by atoms with Gasteiger partial charge >= 0.3 is 0 Å². The number of hydrogen-bond acceptors (Lipinski definition) is 4. The molecule has 2 fully saturated rings. The van der Waals surface area contributed by atoms with Crippen molar-refractivity contribution in [2.75, 3.05) is 39.5 Å². The van der Waals surface area contributed by atoms with Gasteiger partial charge in [-0.3, -0.25) is 0 Å². The summed E-state index contributed by atoms with van der Waals surface area (Å²) in [6.07, 6.45) is 4.59. The Hall–Kier alpha value is -0.160. The predicted molar refractivity (Wildman–Crippen MR) is 66.3 cm³/mol. The summed E-state index contributed by atoms with van der Waals surface area (Å²) in [4.78, 5) is 0. The first-order valence-electron chi connectivity index (χ1n) is 6.89. The molecule has 1 spiro atoms. The van der Waals surface area contributed by atoms with Crippen molar-refractivity contribution >= 4 is 0 Å². The van der Waals surface area contributed by atoms with Crippen molar-refractivity contribution in [1.29, 1.82) is 0 Å². The summed E-state index contributed by atoms with van der Waals surface area (Å²) in [7, 11) is 0. The van der Waals surface area contributed by atoms with E-state index in [1.54, 1.807) is 0 Å². The van der Waals surface area contributed by atoms with Gasteiger partial charge in [0.15, 0.2) is 0 Å². The van der Waals surface area contributed by atoms with Crippen LogP contribution in [0, 0.1) is 0 Å². The van der Waals surface area contributed by atoms with Crippen LogP contribution in [0.4, 0.5) is 0 Å². The lowest BCUT2D eigenvalue weighted by atomic mass is 9.91. The van der Waals surface area contributed by atoms with Gasteiger partial charge in [-0.25, -0.2) is 0 Å². The maximum absolute atomic E-state index is 5.92. The second-order valence-corrected chi connectivity index (χ2v) is 5.07. The Bertz CT molecular complexity index is 217. The lowest BCUT2D eigenvalue weighted by molar-refractivity contribution is -0.132. The molecule has 0 aliphatic carbocycles. The van der Waals surface area contributed by atoms with Crippen molar-refractivity contribution in [3.05, 3.63) is 0 Å². The summed E-state index contributed by atoms with van der Waals surface area (Å²) in [5.74, 6) is 0. The Balaban J connectivity index is 1.63. The van der Waals surface area contributed by atoms with Crippen LogP contribution in [0.5, 0.6) is 0 Å². The molecule has 2 heterocycles. The van der Waals surface area contributed by atoms with Crippen LogP contribution < -0.4 is 5.32 Å². The lowest BCUT2D eigenvalue weighted by Crippen LogP contribution is -2.43. The Kier molecular flexibility index (Phi) is 5.22. The molecule has 0 amide bonds. The van der Waals surface area contributed by atoms with E-state index in [1.165, 1.54) is 6.42 Å². The fourth-order valence-corrected chi connectivity index (χ4v) is 2.59. The summed E-state index contributed by atoms with van der Waals surface area (Å²) in [6, 6.07) is 0. The summed E-state index contributed by atoms with van der Waals surface area (Å²) in [5, 5.41) is 3.35. The molecule has 2 saturated heterocycles. The molecule has 4 nitrogen and oxygen atoms in total. The van der Waals surface area contributed by atoms with E-state index in [4.69, 9.17) is 14.2 Å². The smallest absolute Gasteiger partial charge is 0.0961 e. The van der Waals surface area contributed by atoms with E-state index in [1.807, 2.05) is 0 Å². The van der Waals surface area contributed by atoms with E-state index in [2.05, 4.69) is 12.2 Å². The van der Waals surface area contributed by atoms with Crippen LogP contribution in [-0.2, 0) is 14.2 Å². The third kappa shape index (κ3) is 3.91. The van der Waals surface area contributed by atoms with Gasteiger partial charge in [0, 0.05) is 32.6 Å². The molecular weight excluding hydrogens is 218 g/mol. The molecule has 2 unspecified atom stereocenters. The summed E-state index contributed by atoms with van der Waals surface area (Å²) in [5.41, 5.74) is -0.0280. The first-order valence-corrected chi connectivity index (χ1v) is 6.89. The topological polar surface area (TPSA) is 39.7 Å². The summed E-state index contributed by atoms with van der Waals surface area (Å²) in [6.45, 7) is 7.42. The molecule has 17 heavy (non-hydrogen) atoms. The van der Waals surface area contributed by atoms with Crippen LogP contribution in [0.1, 0.15) is 32.6 Å². The van der Waals surface area contributed by atoms with E-state index in [-0.39, 0.29) is 5.60 Å². The normalized spacial score (nSPS) is 33.4. The van der Waals surface area contributed by atoms with Crippen LogP contribution in [0.3, 0.4) is 0 Å². The van der Waals surface area contributed by atoms with Gasteiger partial charge in [-0.1, -0.05) is 6.92 Å². The zero-order valence-corrected chi connectivity index (χ0v) is 10.9. The molecule has 100 valence electrons. The zero-order chi connectivity index (χ0) is 12.0. The van der Waals surface area contributed by atoms with Crippen LogP contribution in [0.25, 0.3) is 0 Å². The largest absolute Gasteiger partial charge is 0.378 e. The highest BCUT2D eigenvalue weighted by molar-refractivity contribution is 4.90. The number of nitrogens with one attached hydrogen (secondary N) is 1. The van der Waals surface area contributed by atoms with Crippen molar-refractivity contribution in [3.8, 4) is 0 Å². The third-order valence-corrected chi connectivity index (χ3v) is 3.57. The maximum Gasteiger partial charge on any atom is 0.0961 e. The SMILES string of the molecule is CCCNCCOC1CCOC2(CCOC2)C1. The minimum absolute atomic E-state index is 0.0280. The first kappa shape index (κ1) is 13.3. The number of ether oxygens (including phenoxy) is 3. The Labute approximate surface area is 104 Å². The van der Waals surface area contributed by atoms with E-state index in [9.17, 15) is 0 Å². The highest BCUT2D eigenvalue weighted by Crippen LogP contribution is 2.33. The molecular formula is C13H25NO3. The second-order valence-electron chi connectivity index (χ2n) is 5.07. The van der Waals surface area contributed by atoms with Gasteiger partial charge in [-0.05, 0) is 19.4 Å². The Morgan fingerprint density at radius 3 is 3.06 bits per heavy atom. The Morgan fingerprint density at radius 2 is 2.29 bits per heavy atom. The van der Waals surface area contributed by atoms with Gasteiger partial charge in [-0.2, -0.15) is 0 Å². The van der Waals surface area contributed by atoms with Crippen molar-refractivity contribution in [3.63, 3.8) is 0 Å². The van der Waals surface area contributed by atoms with Gasteiger partial charge in [0.2, 0.25) is 0 Å². The van der Waals surface area contributed by atoms with Gasteiger partial charge in [0.25, 0.3) is 0 Å². The Morgan fingerprint density at radius 1 is 1.35 bits per heavy atom. The lowest BCUT2D eigenvalue weighted by Gasteiger charge is -2.36. The van der Waals surface area contributed by atoms with Crippen molar-refractivity contribution in [2.24, 2.45) is 0 Å². The van der Waals surface area contributed by atoms with E-state index in [0.717, 1.165) is 58.8 Å². The average molecular weight is 243 g/mol. The molecule has 2 aliphatic heterocycles. The summed E-state index contributed by atoms with van der Waals surface area (Å²) < 4.78 is 17.2. The minimum atomic E-state index is -0.0280. The highest BCUT2D eigenvalue weighted by atomic mass is 16.6.